The summed E-state index contributed by atoms with van der Waals surface area (Å²) in [6.45, 7) is -0.764. The van der Waals surface area contributed by atoms with Gasteiger partial charge >= 0.3 is 11.4 Å². The Morgan fingerprint density at radius 3 is 2.32 bits per heavy atom. The Morgan fingerprint density at radius 2 is 1.62 bits per heavy atom. The molecule has 0 bridgehead atoms. The number of rotatable bonds is 9. The van der Waals surface area contributed by atoms with Crippen molar-refractivity contribution >= 4 is 69.0 Å². The number of alkyl halides is 2. The van der Waals surface area contributed by atoms with E-state index < -0.39 is 66.7 Å². The summed E-state index contributed by atoms with van der Waals surface area (Å²) in [7, 11) is 4.52. The first-order valence-corrected chi connectivity index (χ1v) is 17.8. The smallest absolute Gasteiger partial charge is 0.347 e. The lowest BCUT2D eigenvalue weighted by molar-refractivity contribution is -0.128. The minimum Gasteiger partial charge on any atom is -0.493 e. The number of allylic oxidation sites excluding steroid dienone is 4. The van der Waals surface area contributed by atoms with E-state index in [2.05, 4.69) is 4.98 Å². The van der Waals surface area contributed by atoms with E-state index in [1.54, 1.807) is 49.5 Å². The highest BCUT2D eigenvalue weighted by molar-refractivity contribution is 6.66. The van der Waals surface area contributed by atoms with Crippen LogP contribution in [0.5, 0.6) is 17.2 Å². The van der Waals surface area contributed by atoms with E-state index in [1.807, 2.05) is 0 Å². The van der Waals surface area contributed by atoms with E-state index in [9.17, 15) is 29.1 Å². The number of benzene rings is 2. The lowest BCUT2D eigenvalue weighted by atomic mass is 9.59. The van der Waals surface area contributed by atoms with Gasteiger partial charge in [-0.25, -0.2) is 28.5 Å². The SMILES string of the molecule is COc1cc2nc(CCn3c(=O)n4n(c3=O)[C@@H]3C[C@@]5(Cl)C(=O)C(Cl)=C(Cl)C(=O)[C@@]5(Cl)[C@@H](c5ccccc5OCCO)C3=CC4)c(=O)n(C)c2cc1OC. The molecule has 0 radical (unpaired) electrons. The molecule has 1 saturated carbocycles. The van der Waals surface area contributed by atoms with Crippen LogP contribution in [-0.4, -0.2) is 77.3 Å². The molecule has 0 saturated heterocycles. The Bertz CT molecular complexity index is 2480. The number of nitrogens with zero attached hydrogens (tertiary/aromatic N) is 5. The third-order valence-corrected chi connectivity index (χ3v) is 12.4. The molecule has 1 N–H and O–H groups in total. The molecule has 0 unspecified atom stereocenters. The zero-order valence-corrected chi connectivity index (χ0v) is 31.4. The number of halogens is 4. The maximum Gasteiger partial charge on any atom is 0.347 e. The molecule has 3 aliphatic rings. The number of carbonyl (C=O) groups excluding carboxylic acids is 2. The predicted octanol–water partition coefficient (Wildman–Crippen LogP) is 3.15. The molecule has 0 amide bonds. The van der Waals surface area contributed by atoms with Gasteiger partial charge in [-0.1, -0.05) is 47.5 Å². The van der Waals surface area contributed by atoms with Crippen molar-refractivity contribution in [2.45, 2.75) is 47.6 Å². The van der Waals surface area contributed by atoms with Gasteiger partial charge in [-0.15, -0.1) is 23.2 Å². The average Bonchev–Trinajstić information content (AvgIpc) is 3.41. The molecule has 2 aromatic carbocycles. The van der Waals surface area contributed by atoms with Gasteiger partial charge in [0.2, 0.25) is 0 Å². The summed E-state index contributed by atoms with van der Waals surface area (Å²) in [5.74, 6) is -1.98. The molecule has 2 aliphatic carbocycles. The van der Waals surface area contributed by atoms with Crippen molar-refractivity contribution in [3.05, 3.63) is 101 Å². The Balaban J connectivity index is 1.34. The van der Waals surface area contributed by atoms with E-state index in [0.717, 1.165) is 4.57 Å². The van der Waals surface area contributed by atoms with Crippen molar-refractivity contribution in [3.63, 3.8) is 0 Å². The Hall–Kier alpha value is -4.34. The first-order chi connectivity index (χ1) is 25.2. The maximum absolute atomic E-state index is 14.3. The molecule has 1 aliphatic heterocycles. The normalized spacial score (nSPS) is 23.7. The number of hydrogen-bond donors (Lipinski definition) is 1. The molecular formula is C35H31Cl4N5O9. The molecule has 0 spiro atoms. The fraction of sp³-hybridized carbons (Fsp3) is 0.371. The molecule has 4 aromatic rings. The standard InChI is InChI=1S/C35H31Cl4N5O9/c1-41-21-15-25(52-3)24(51-2)14-20(21)40-19(31(41)48)9-10-42-32(49)43-11-8-17-22(44(43)33(42)50)16-34(38)29(46)27(36)28(37)30(47)35(34,39)26(17)18-6-4-5-7-23(18)53-13-12-45/h4-8,14-15,22,26,45H,9-13,16H2,1-3H3/t22-,26-,34-,35+/m1/s1. The van der Waals surface area contributed by atoms with Crippen LogP contribution in [0.15, 0.2) is 72.5 Å². The first-order valence-electron chi connectivity index (χ1n) is 16.3. The van der Waals surface area contributed by atoms with Gasteiger partial charge in [0.05, 0.1) is 44.4 Å². The number of fused-ring (bicyclic) bond motifs is 5. The molecule has 7 rings (SSSR count). The second-order valence-corrected chi connectivity index (χ2v) is 14.8. The van der Waals surface area contributed by atoms with E-state index in [4.69, 9.17) is 60.6 Å². The van der Waals surface area contributed by atoms with Crippen molar-refractivity contribution in [1.82, 2.24) is 23.5 Å². The Labute approximate surface area is 320 Å². The van der Waals surface area contributed by atoms with Crippen molar-refractivity contribution < 1.29 is 28.9 Å². The lowest BCUT2D eigenvalue weighted by Gasteiger charge is -2.54. The van der Waals surface area contributed by atoms with Crippen molar-refractivity contribution in [2.75, 3.05) is 27.4 Å². The van der Waals surface area contributed by atoms with Crippen molar-refractivity contribution in [1.29, 1.82) is 0 Å². The van der Waals surface area contributed by atoms with Gasteiger partial charge in [0.1, 0.15) is 37.9 Å². The number of carbonyl (C=O) groups is 2. The minimum atomic E-state index is -2.25. The zero-order valence-electron chi connectivity index (χ0n) is 28.4. The number of aromatic nitrogens is 5. The van der Waals surface area contributed by atoms with E-state index in [-0.39, 0.29) is 44.2 Å². The van der Waals surface area contributed by atoms with E-state index in [1.165, 1.54) is 28.2 Å². The minimum absolute atomic E-state index is 0.0879. The zero-order chi connectivity index (χ0) is 38.1. The van der Waals surface area contributed by atoms with Crippen LogP contribution in [0.2, 0.25) is 0 Å². The van der Waals surface area contributed by atoms with Gasteiger partial charge in [-0.3, -0.25) is 14.4 Å². The highest BCUT2D eigenvalue weighted by atomic mass is 35.5. The molecule has 53 heavy (non-hydrogen) atoms. The fourth-order valence-electron chi connectivity index (χ4n) is 7.65. The van der Waals surface area contributed by atoms with Gasteiger partial charge in [0.25, 0.3) is 5.56 Å². The number of para-hydroxylation sites is 1. The van der Waals surface area contributed by atoms with Crippen LogP contribution in [0.1, 0.15) is 29.6 Å². The van der Waals surface area contributed by atoms with Gasteiger partial charge in [-0.2, -0.15) is 0 Å². The number of ketones is 2. The molecule has 1 fully saturated rings. The summed E-state index contributed by atoms with van der Waals surface area (Å²) in [4.78, 5) is 69.7. The largest absolute Gasteiger partial charge is 0.493 e. The average molecular weight is 807 g/mol. The highest BCUT2D eigenvalue weighted by Crippen LogP contribution is 2.64. The van der Waals surface area contributed by atoms with Crippen LogP contribution in [0.25, 0.3) is 11.0 Å². The molecule has 4 atom stereocenters. The topological polar surface area (TPSA) is 166 Å². The van der Waals surface area contributed by atoms with Crippen LogP contribution >= 0.6 is 46.4 Å². The van der Waals surface area contributed by atoms with Crippen LogP contribution in [0, 0.1) is 0 Å². The number of aryl methyl sites for hydroxylation is 2. The fourth-order valence-corrected chi connectivity index (χ4v) is 9.17. The van der Waals surface area contributed by atoms with Crippen molar-refractivity contribution in [2.24, 2.45) is 7.05 Å². The lowest BCUT2D eigenvalue weighted by Crippen LogP contribution is -2.67. The molecule has 278 valence electrons. The summed E-state index contributed by atoms with van der Waals surface area (Å²) >= 11 is 27.2. The van der Waals surface area contributed by atoms with Crippen LogP contribution < -0.4 is 31.1 Å². The number of aliphatic hydroxyl groups excluding tert-OH is 1. The summed E-state index contributed by atoms with van der Waals surface area (Å²) < 4.78 is 21.3. The first kappa shape index (κ1) is 37.0. The number of ether oxygens (including phenoxy) is 3. The number of aliphatic hydroxyl groups is 1. The maximum atomic E-state index is 14.3. The van der Waals surface area contributed by atoms with Gasteiger partial charge in [0, 0.05) is 50.0 Å². The number of hydrogen-bond acceptors (Lipinski definition) is 10. The monoisotopic (exact) mass is 805 g/mol. The van der Waals surface area contributed by atoms with Gasteiger partial charge < -0.3 is 23.9 Å². The highest BCUT2D eigenvalue weighted by Gasteiger charge is 2.71. The number of Topliss-reactive ketones (excluding diaryl/α,β-unsaturated/α-hetero) is 2. The Kier molecular flexibility index (Phi) is 9.43. The predicted molar refractivity (Wildman–Crippen MR) is 196 cm³/mol. The third-order valence-electron chi connectivity index (χ3n) is 10.2. The number of methoxy groups -OCH3 is 2. The van der Waals surface area contributed by atoms with Crippen molar-refractivity contribution in [3.8, 4) is 17.2 Å². The second-order valence-electron chi connectivity index (χ2n) is 12.8. The van der Waals surface area contributed by atoms with Crippen LogP contribution in [0.4, 0.5) is 0 Å². The molecule has 14 nitrogen and oxygen atoms in total. The van der Waals surface area contributed by atoms with Crippen LogP contribution in [0.3, 0.4) is 0 Å². The van der Waals surface area contributed by atoms with Gasteiger partial charge in [-0.05, 0) is 11.6 Å². The summed E-state index contributed by atoms with van der Waals surface area (Å²) in [5.41, 5.74) is -0.119. The molecule has 2 aromatic heterocycles. The summed E-state index contributed by atoms with van der Waals surface area (Å²) in [6.07, 6.45) is 1.17. The molecule has 3 heterocycles. The van der Waals surface area contributed by atoms with Gasteiger partial charge in [0.15, 0.2) is 23.1 Å². The quantitative estimate of drug-likeness (QED) is 0.196. The van der Waals surface area contributed by atoms with E-state index in [0.29, 0.717) is 33.7 Å². The van der Waals surface area contributed by atoms with E-state index >= 15 is 0 Å². The molecule has 18 heteroatoms. The molecular weight excluding hydrogens is 776 g/mol. The summed E-state index contributed by atoms with van der Waals surface area (Å²) in [6, 6.07) is 8.75. The van der Waals surface area contributed by atoms with Crippen LogP contribution in [-0.2, 0) is 36.1 Å². The summed E-state index contributed by atoms with van der Waals surface area (Å²) in [5, 5.41) is 8.33. The second kappa shape index (κ2) is 13.5. The third kappa shape index (κ3) is 5.32. The Morgan fingerprint density at radius 1 is 0.943 bits per heavy atom.